The summed E-state index contributed by atoms with van der Waals surface area (Å²) in [4.78, 5) is 54.5. The number of aromatic hydroxyl groups is 1. The first-order chi connectivity index (χ1) is 30.6. The van der Waals surface area contributed by atoms with Gasteiger partial charge in [0.15, 0.2) is 6.10 Å². The third-order valence-electron chi connectivity index (χ3n) is 12.0. The van der Waals surface area contributed by atoms with Crippen LogP contribution in [0.25, 0.3) is 10.9 Å². The van der Waals surface area contributed by atoms with E-state index < -0.39 is 24.2 Å². The summed E-state index contributed by atoms with van der Waals surface area (Å²) < 4.78 is 24.1. The number of aromatic nitrogens is 1. The van der Waals surface area contributed by atoms with Crippen LogP contribution in [-0.2, 0) is 16.1 Å². The van der Waals surface area contributed by atoms with Gasteiger partial charge in [0.2, 0.25) is 17.1 Å². The van der Waals surface area contributed by atoms with Crippen molar-refractivity contribution in [2.45, 2.75) is 50.5 Å². The molecule has 0 spiro atoms. The van der Waals surface area contributed by atoms with Crippen molar-refractivity contribution in [3.63, 3.8) is 0 Å². The van der Waals surface area contributed by atoms with Crippen molar-refractivity contribution in [1.29, 1.82) is 0 Å². The molecule has 3 saturated heterocycles. The Morgan fingerprint density at radius 1 is 0.923 bits per heavy atom. The van der Waals surface area contributed by atoms with E-state index >= 15 is 0 Å². The summed E-state index contributed by atoms with van der Waals surface area (Å²) in [5.74, 6) is 0.779. The van der Waals surface area contributed by atoms with Gasteiger partial charge >= 0.3 is 12.1 Å². The maximum atomic E-state index is 13.6. The zero-order valence-electron chi connectivity index (χ0n) is 35.5. The van der Waals surface area contributed by atoms with E-state index in [2.05, 4.69) is 15.6 Å². The molecule has 6 heterocycles. The highest BCUT2D eigenvalue weighted by atomic mass is 35.5. The number of H-pyrrole nitrogens is 1. The summed E-state index contributed by atoms with van der Waals surface area (Å²) in [5.41, 5.74) is 2.17. The van der Waals surface area contributed by atoms with Gasteiger partial charge in [0.25, 0.3) is 0 Å². The number of nitrogens with one attached hydrogen (secondary N) is 3. The maximum Gasteiger partial charge on any atom is 0.408 e. The van der Waals surface area contributed by atoms with Crippen molar-refractivity contribution in [2.24, 2.45) is 5.92 Å². The molecule has 0 radical (unpaired) electrons. The molecule has 9 rings (SSSR count). The average Bonchev–Trinajstić information content (AvgIpc) is 4.02. The average molecular weight is 948 g/mol. The lowest BCUT2D eigenvalue weighted by Gasteiger charge is -2.51. The summed E-state index contributed by atoms with van der Waals surface area (Å²) in [6.45, 7) is 3.92. The molecule has 1 amide bonds. The molecule has 3 aliphatic heterocycles. The largest absolute Gasteiger partial charge is 1.00 e. The molecule has 344 valence electrons. The molecule has 0 unspecified atom stereocenters. The van der Waals surface area contributed by atoms with Crippen molar-refractivity contribution in [2.75, 3.05) is 45.9 Å². The Kier molecular flexibility index (Phi) is 16.9. The number of piperidine rings is 3. The second-order valence-corrected chi connectivity index (χ2v) is 17.2. The lowest BCUT2D eigenvalue weighted by atomic mass is 9.83. The third-order valence-corrected chi connectivity index (χ3v) is 12.9. The van der Waals surface area contributed by atoms with Gasteiger partial charge in [-0.15, -0.1) is 23.7 Å². The van der Waals surface area contributed by atoms with Gasteiger partial charge in [-0.05, 0) is 83.9 Å². The topological polar surface area (TPSA) is 189 Å². The van der Waals surface area contributed by atoms with Crippen molar-refractivity contribution >= 4 is 52.5 Å². The van der Waals surface area contributed by atoms with Crippen LogP contribution in [-0.4, -0.2) is 89.5 Å². The number of halogens is 2. The normalized spacial score (nSPS) is 18.4. The molecular formula is C48H52Cl2N4O10S. The molecule has 3 aliphatic rings. The molecule has 65 heavy (non-hydrogen) atoms. The number of alkyl carbamates (subject to hydrolysis) is 1. The first-order valence-corrected chi connectivity index (χ1v) is 22.2. The van der Waals surface area contributed by atoms with Crippen LogP contribution in [0.3, 0.4) is 0 Å². The highest BCUT2D eigenvalue weighted by molar-refractivity contribution is 7.12. The number of aliphatic hydroxyl groups excluding tert-OH is 1. The lowest BCUT2D eigenvalue weighted by molar-refractivity contribution is -0.938. The molecule has 17 heteroatoms. The summed E-state index contributed by atoms with van der Waals surface area (Å²) in [6, 6.07) is 29.5. The van der Waals surface area contributed by atoms with Crippen LogP contribution >= 0.6 is 23.7 Å². The van der Waals surface area contributed by atoms with Gasteiger partial charge in [0, 0.05) is 36.8 Å². The van der Waals surface area contributed by atoms with E-state index in [1.54, 1.807) is 24.3 Å². The molecule has 3 fully saturated rings. The lowest BCUT2D eigenvalue weighted by Crippen LogP contribution is -3.00. The smallest absolute Gasteiger partial charge is 0.408 e. The number of ether oxygens (including phenoxy) is 3. The van der Waals surface area contributed by atoms with Crippen molar-refractivity contribution in [3.8, 4) is 11.5 Å². The molecule has 5 N–H and O–H groups in total. The van der Waals surface area contributed by atoms with Crippen molar-refractivity contribution in [1.82, 2.24) is 15.6 Å². The minimum absolute atomic E-state index is 0. The molecule has 2 bridgehead atoms. The van der Waals surface area contributed by atoms with E-state index in [4.69, 9.17) is 18.6 Å². The van der Waals surface area contributed by atoms with Gasteiger partial charge < -0.3 is 61.3 Å². The number of pyridine rings is 1. The number of carbonyl (C=O) groups excluding carboxylic acids is 3. The van der Waals surface area contributed by atoms with Gasteiger partial charge in [-0.1, -0.05) is 54.6 Å². The molecule has 0 saturated carbocycles. The number of esters is 1. The quantitative estimate of drug-likeness (QED) is 0.0334. The molecule has 3 aromatic heterocycles. The van der Waals surface area contributed by atoms with Crippen LogP contribution in [0.5, 0.6) is 11.5 Å². The number of rotatable bonds is 19. The predicted octanol–water partition coefficient (Wildman–Crippen LogP) is 4.46. The van der Waals surface area contributed by atoms with E-state index in [1.807, 2.05) is 72.1 Å². The first kappa shape index (κ1) is 48.8. The number of hydrogen-bond donors (Lipinski definition) is 5. The summed E-state index contributed by atoms with van der Waals surface area (Å²) in [6.07, 6.45) is 1.44. The Hall–Kier alpha value is -5.68. The fourth-order valence-electron chi connectivity index (χ4n) is 8.68. The Morgan fingerprint density at radius 2 is 1.72 bits per heavy atom. The van der Waals surface area contributed by atoms with Gasteiger partial charge in [0.05, 0.1) is 42.2 Å². The fourth-order valence-corrected chi connectivity index (χ4v) is 9.34. The monoisotopic (exact) mass is 946 g/mol. The third kappa shape index (κ3) is 12.2. The number of carbonyl (C=O) groups is 3. The van der Waals surface area contributed by atoms with E-state index in [0.717, 1.165) is 41.9 Å². The number of quaternary nitrogens is 1. The zero-order valence-corrected chi connectivity index (χ0v) is 37.9. The summed E-state index contributed by atoms with van der Waals surface area (Å²) in [5, 5.41) is 29.6. The van der Waals surface area contributed by atoms with Crippen LogP contribution in [0.2, 0.25) is 0 Å². The number of unbranched alkanes of at least 4 members (excludes halogenated alkanes) is 1. The number of phenols is 1. The second kappa shape index (κ2) is 22.5. The minimum Gasteiger partial charge on any atom is -1.00 e. The van der Waals surface area contributed by atoms with E-state index in [9.17, 15) is 29.4 Å². The Balaban J connectivity index is 0.00000350. The fraction of sp³-hybridized carbons (Fsp3) is 0.333. The van der Waals surface area contributed by atoms with Gasteiger partial charge in [-0.2, -0.15) is 0 Å². The SMILES string of the molecule is Cl.O=C(N[C@@H](c1ccccc1)c1cccc(OCc2ccc(C(=O)OCCCCNC[C@H](O)c3ccc(O)c4[nH]c(=O)ccc34)o2)c1)O[C@H]1C[N+]2(CC(=O)c3cccs3)CCC1CC2.[Cl-]. The number of Topliss-reactive ketones (excluding diaryl/α,β-unsaturated/α-hetero) is 1. The number of aromatic amines is 1. The van der Waals surface area contributed by atoms with Gasteiger partial charge in [0.1, 0.15) is 37.0 Å². The zero-order chi connectivity index (χ0) is 43.8. The number of fused-ring (bicyclic) bond motifs is 4. The van der Waals surface area contributed by atoms with Crippen molar-refractivity contribution < 1.29 is 60.1 Å². The van der Waals surface area contributed by atoms with Crippen LogP contribution in [0.1, 0.15) is 80.5 Å². The van der Waals surface area contributed by atoms with Gasteiger partial charge in [-0.3, -0.25) is 9.59 Å². The number of benzene rings is 3. The number of aliphatic hydroxyl groups is 1. The second-order valence-electron chi connectivity index (χ2n) is 16.3. The molecule has 6 aromatic rings. The number of hydrogen-bond acceptors (Lipinski definition) is 12. The van der Waals surface area contributed by atoms with Gasteiger partial charge in [-0.25, -0.2) is 9.59 Å². The Morgan fingerprint density at radius 3 is 2.51 bits per heavy atom. The summed E-state index contributed by atoms with van der Waals surface area (Å²) >= 11 is 1.47. The number of nitrogens with zero attached hydrogens (tertiary/aromatic N) is 1. The highest BCUT2D eigenvalue weighted by Crippen LogP contribution is 2.37. The number of thiophene rings is 1. The molecular weight excluding hydrogens is 896 g/mol. The van der Waals surface area contributed by atoms with E-state index in [-0.39, 0.29) is 85.0 Å². The van der Waals surface area contributed by atoms with Crippen LogP contribution < -0.4 is 33.3 Å². The number of ketones is 1. The highest BCUT2D eigenvalue weighted by Gasteiger charge is 2.48. The first-order valence-electron chi connectivity index (χ1n) is 21.3. The Bertz CT molecular complexity index is 2580. The number of furan rings is 1. The van der Waals surface area contributed by atoms with Crippen LogP contribution in [0.4, 0.5) is 4.79 Å². The van der Waals surface area contributed by atoms with Crippen LogP contribution in [0, 0.1) is 5.92 Å². The number of amides is 1. The number of phenolic OH excluding ortho intramolecular Hbond substituents is 1. The van der Waals surface area contributed by atoms with Crippen molar-refractivity contribution in [3.05, 3.63) is 152 Å². The van der Waals surface area contributed by atoms with E-state index in [1.165, 1.54) is 23.5 Å². The summed E-state index contributed by atoms with van der Waals surface area (Å²) in [7, 11) is 0. The minimum atomic E-state index is -0.866. The molecule has 3 aromatic carbocycles. The molecule has 0 aliphatic carbocycles. The standard InChI is InChI=1S/C48H50N4O10S.2ClH/c53-38-16-14-36(37-15-18-44(56)50-46(37)38)39(54)27-49-21-4-5-24-59-47(57)41-17-13-35(61-41)30-60-34-11-6-10-33(26-34)45(32-8-2-1-3-9-32)51-48(58)62-42-29-52(22-19-31(42)20-23-52)28-40(55)43-12-7-25-63-43;;/h1-3,6-18,25-26,31,39,42,45,49,54H,4-5,19-24,27-30H2,(H2-,50,51,53,56,58);2*1H/t31?,39-,42-,45-,52?;;/m0../s1. The molecule has 3 atom stereocenters. The van der Waals surface area contributed by atoms with E-state index in [0.29, 0.717) is 59.4 Å². The van der Waals surface area contributed by atoms with Crippen LogP contribution in [0.15, 0.2) is 118 Å². The predicted molar refractivity (Wildman–Crippen MR) is 243 cm³/mol. The maximum absolute atomic E-state index is 13.6. The molecule has 14 nitrogen and oxygen atoms in total. The Labute approximate surface area is 392 Å².